The SMILES string of the molecule is Cc1nn(-c2ccccc2)c2sc(C(=O)N/N=C\c3cccs3)cc12. The Hall–Kier alpha value is -2.77. The van der Waals surface area contributed by atoms with Crippen molar-refractivity contribution in [2.45, 2.75) is 6.92 Å². The number of hydrogen-bond donors (Lipinski definition) is 1. The zero-order valence-corrected chi connectivity index (χ0v) is 15.0. The molecule has 3 aromatic heterocycles. The molecule has 1 amide bonds. The van der Waals surface area contributed by atoms with Crippen LogP contribution in [0, 0.1) is 6.92 Å². The van der Waals surface area contributed by atoms with Crippen molar-refractivity contribution in [3.05, 3.63) is 69.4 Å². The first-order chi connectivity index (χ1) is 12.2. The van der Waals surface area contributed by atoms with Crippen LogP contribution < -0.4 is 5.43 Å². The van der Waals surface area contributed by atoms with Gasteiger partial charge in [0.05, 0.1) is 22.5 Å². The van der Waals surface area contributed by atoms with Crippen LogP contribution >= 0.6 is 22.7 Å². The normalized spacial score (nSPS) is 11.4. The molecule has 0 bridgehead atoms. The number of benzene rings is 1. The average molecular weight is 366 g/mol. The number of aromatic nitrogens is 2. The topological polar surface area (TPSA) is 59.3 Å². The molecule has 0 aliphatic carbocycles. The molecular formula is C18H14N4OS2. The molecule has 3 heterocycles. The summed E-state index contributed by atoms with van der Waals surface area (Å²) in [5.41, 5.74) is 4.46. The average Bonchev–Trinajstić information content (AvgIpc) is 3.34. The predicted molar refractivity (Wildman–Crippen MR) is 103 cm³/mol. The van der Waals surface area contributed by atoms with Crippen molar-refractivity contribution in [3.8, 4) is 5.69 Å². The van der Waals surface area contributed by atoms with Gasteiger partial charge in [-0.2, -0.15) is 10.2 Å². The molecule has 4 aromatic rings. The molecule has 0 atom stereocenters. The Morgan fingerprint density at radius 1 is 1.24 bits per heavy atom. The second-order valence-electron chi connectivity index (χ2n) is 5.38. The van der Waals surface area contributed by atoms with Gasteiger partial charge in [-0.25, -0.2) is 10.1 Å². The zero-order valence-electron chi connectivity index (χ0n) is 13.3. The Labute approximate surface area is 152 Å². The highest BCUT2D eigenvalue weighted by atomic mass is 32.1. The maximum absolute atomic E-state index is 12.4. The highest BCUT2D eigenvalue weighted by Gasteiger charge is 2.16. The van der Waals surface area contributed by atoms with Gasteiger partial charge in [-0.1, -0.05) is 24.3 Å². The molecule has 0 unspecified atom stereocenters. The summed E-state index contributed by atoms with van der Waals surface area (Å²) in [5.74, 6) is -0.215. The highest BCUT2D eigenvalue weighted by molar-refractivity contribution is 7.20. The number of nitrogens with one attached hydrogen (secondary N) is 1. The minimum absolute atomic E-state index is 0.215. The number of carbonyl (C=O) groups is 1. The molecular weight excluding hydrogens is 352 g/mol. The summed E-state index contributed by atoms with van der Waals surface area (Å²) in [4.78, 5) is 14.9. The first kappa shape index (κ1) is 15.7. The van der Waals surface area contributed by atoms with Crippen LogP contribution in [-0.4, -0.2) is 21.9 Å². The van der Waals surface area contributed by atoms with E-state index in [1.807, 2.05) is 65.5 Å². The lowest BCUT2D eigenvalue weighted by atomic mass is 10.3. The van der Waals surface area contributed by atoms with Crippen molar-refractivity contribution in [3.63, 3.8) is 0 Å². The molecule has 0 saturated carbocycles. The lowest BCUT2D eigenvalue weighted by Crippen LogP contribution is -2.16. The van der Waals surface area contributed by atoms with Gasteiger partial charge in [0, 0.05) is 10.3 Å². The van der Waals surface area contributed by atoms with Crippen molar-refractivity contribution >= 4 is 45.0 Å². The molecule has 1 aromatic carbocycles. The van der Waals surface area contributed by atoms with E-state index in [0.29, 0.717) is 4.88 Å². The van der Waals surface area contributed by atoms with Gasteiger partial charge in [-0.3, -0.25) is 4.79 Å². The second-order valence-corrected chi connectivity index (χ2v) is 7.39. The van der Waals surface area contributed by atoms with E-state index in [0.717, 1.165) is 26.5 Å². The van der Waals surface area contributed by atoms with Gasteiger partial charge >= 0.3 is 0 Å². The summed E-state index contributed by atoms with van der Waals surface area (Å²) in [6.45, 7) is 1.95. The van der Waals surface area contributed by atoms with Crippen LogP contribution in [0.5, 0.6) is 0 Å². The fourth-order valence-electron chi connectivity index (χ4n) is 2.48. The maximum atomic E-state index is 12.4. The molecule has 0 fully saturated rings. The number of para-hydroxylation sites is 1. The van der Waals surface area contributed by atoms with Crippen LogP contribution in [0.4, 0.5) is 0 Å². The first-order valence-electron chi connectivity index (χ1n) is 7.64. The number of amides is 1. The zero-order chi connectivity index (χ0) is 17.2. The minimum Gasteiger partial charge on any atom is -0.266 e. The fraction of sp³-hybridized carbons (Fsp3) is 0.0556. The van der Waals surface area contributed by atoms with Crippen molar-refractivity contribution in [1.82, 2.24) is 15.2 Å². The van der Waals surface area contributed by atoms with Gasteiger partial charge in [0.2, 0.25) is 0 Å². The summed E-state index contributed by atoms with van der Waals surface area (Å²) in [6.07, 6.45) is 1.65. The molecule has 124 valence electrons. The van der Waals surface area contributed by atoms with E-state index in [9.17, 15) is 4.79 Å². The summed E-state index contributed by atoms with van der Waals surface area (Å²) in [7, 11) is 0. The number of hydrogen-bond acceptors (Lipinski definition) is 5. The molecule has 0 aliphatic rings. The molecule has 0 aliphatic heterocycles. The molecule has 0 spiro atoms. The fourth-order valence-corrected chi connectivity index (χ4v) is 4.14. The Bertz CT molecular complexity index is 1050. The summed E-state index contributed by atoms with van der Waals surface area (Å²) >= 11 is 2.98. The highest BCUT2D eigenvalue weighted by Crippen LogP contribution is 2.30. The number of carbonyl (C=O) groups excluding carboxylic acids is 1. The first-order valence-corrected chi connectivity index (χ1v) is 9.33. The lowest BCUT2D eigenvalue weighted by molar-refractivity contribution is 0.0959. The number of hydrazone groups is 1. The number of rotatable bonds is 4. The van der Waals surface area contributed by atoms with Crippen molar-refractivity contribution in [2.75, 3.05) is 0 Å². The van der Waals surface area contributed by atoms with E-state index in [4.69, 9.17) is 0 Å². The van der Waals surface area contributed by atoms with Crippen molar-refractivity contribution in [2.24, 2.45) is 5.10 Å². The van der Waals surface area contributed by atoms with Crippen molar-refractivity contribution < 1.29 is 4.79 Å². The van der Waals surface area contributed by atoms with Crippen LogP contribution in [0.3, 0.4) is 0 Å². The molecule has 4 rings (SSSR count). The number of fused-ring (bicyclic) bond motifs is 1. The number of nitrogens with zero attached hydrogens (tertiary/aromatic N) is 3. The molecule has 1 N–H and O–H groups in total. The maximum Gasteiger partial charge on any atom is 0.281 e. The van der Waals surface area contributed by atoms with Crippen molar-refractivity contribution in [1.29, 1.82) is 0 Å². The van der Waals surface area contributed by atoms with Crippen LogP contribution in [0.15, 0.2) is 59.0 Å². The molecule has 25 heavy (non-hydrogen) atoms. The summed E-state index contributed by atoms with van der Waals surface area (Å²) in [6, 6.07) is 15.7. The van der Waals surface area contributed by atoms with E-state index >= 15 is 0 Å². The third-order valence-electron chi connectivity index (χ3n) is 3.67. The Morgan fingerprint density at radius 2 is 2.08 bits per heavy atom. The van der Waals surface area contributed by atoms with Gasteiger partial charge in [-0.05, 0) is 36.6 Å². The quantitative estimate of drug-likeness (QED) is 0.434. The molecule has 0 saturated heterocycles. The Balaban J connectivity index is 1.62. The number of thiophene rings is 2. The molecule has 0 radical (unpaired) electrons. The second kappa shape index (κ2) is 6.62. The van der Waals surface area contributed by atoms with Gasteiger partial charge in [0.1, 0.15) is 4.83 Å². The third kappa shape index (κ3) is 3.11. The number of aryl methyl sites for hydroxylation is 1. The van der Waals surface area contributed by atoms with E-state index < -0.39 is 0 Å². The Morgan fingerprint density at radius 3 is 2.84 bits per heavy atom. The van der Waals surface area contributed by atoms with Gasteiger partial charge in [0.15, 0.2) is 0 Å². The molecule has 5 nitrogen and oxygen atoms in total. The largest absolute Gasteiger partial charge is 0.281 e. The van der Waals surface area contributed by atoms with Gasteiger partial charge < -0.3 is 0 Å². The van der Waals surface area contributed by atoms with E-state index in [1.165, 1.54) is 11.3 Å². The van der Waals surface area contributed by atoms with Crippen LogP contribution in [0.1, 0.15) is 20.2 Å². The van der Waals surface area contributed by atoms with Crippen LogP contribution in [-0.2, 0) is 0 Å². The standard InChI is InChI=1S/C18H14N4OS2/c1-12-15-10-16(17(23)20-19-11-14-8-5-9-24-14)25-18(15)22(21-12)13-6-3-2-4-7-13/h2-11H,1H3,(H,20,23)/b19-11-. The van der Waals surface area contributed by atoms with E-state index in [-0.39, 0.29) is 5.91 Å². The Kier molecular flexibility index (Phi) is 4.17. The third-order valence-corrected chi connectivity index (χ3v) is 5.59. The monoisotopic (exact) mass is 366 g/mol. The minimum atomic E-state index is -0.215. The lowest BCUT2D eigenvalue weighted by Gasteiger charge is -2.01. The van der Waals surface area contributed by atoms with Crippen LogP contribution in [0.25, 0.3) is 15.9 Å². The molecule has 7 heteroatoms. The van der Waals surface area contributed by atoms with E-state index in [1.54, 1.807) is 17.6 Å². The van der Waals surface area contributed by atoms with E-state index in [2.05, 4.69) is 15.6 Å². The van der Waals surface area contributed by atoms with Gasteiger partial charge in [-0.15, -0.1) is 22.7 Å². The summed E-state index contributed by atoms with van der Waals surface area (Å²) < 4.78 is 1.88. The summed E-state index contributed by atoms with van der Waals surface area (Å²) in [5, 5.41) is 11.6. The van der Waals surface area contributed by atoms with Gasteiger partial charge in [0.25, 0.3) is 5.91 Å². The predicted octanol–water partition coefficient (Wildman–Crippen LogP) is 4.22. The smallest absolute Gasteiger partial charge is 0.266 e. The van der Waals surface area contributed by atoms with Crippen LogP contribution in [0.2, 0.25) is 0 Å².